The molecule has 0 amide bonds. The zero-order chi connectivity index (χ0) is 13.5. The second kappa shape index (κ2) is 6.85. The second-order valence-electron chi connectivity index (χ2n) is 4.33. The van der Waals surface area contributed by atoms with E-state index < -0.39 is 0 Å². The highest BCUT2D eigenvalue weighted by atomic mass is 16.5. The van der Waals surface area contributed by atoms with Crippen molar-refractivity contribution >= 4 is 5.69 Å². The van der Waals surface area contributed by atoms with Gasteiger partial charge in [-0.1, -0.05) is 6.07 Å². The van der Waals surface area contributed by atoms with Crippen LogP contribution in [0.1, 0.15) is 11.1 Å². The van der Waals surface area contributed by atoms with Gasteiger partial charge >= 0.3 is 0 Å². The van der Waals surface area contributed by atoms with Gasteiger partial charge in [-0.2, -0.15) is 0 Å². The van der Waals surface area contributed by atoms with Crippen LogP contribution in [-0.2, 0) is 11.3 Å². The highest BCUT2D eigenvalue weighted by molar-refractivity contribution is 5.57. The molecular weight excluding hydrogens is 242 g/mol. The molecule has 0 aliphatic carbocycles. The fraction of sp³-hybridized carbons (Fsp3) is 0.333. The first-order valence-electron chi connectivity index (χ1n) is 6.27. The van der Waals surface area contributed by atoms with E-state index >= 15 is 0 Å². The Hall–Kier alpha value is -1.94. The number of benzene rings is 1. The summed E-state index contributed by atoms with van der Waals surface area (Å²) in [5, 5.41) is 3.34. The maximum absolute atomic E-state index is 5.72. The van der Waals surface area contributed by atoms with E-state index in [9.17, 15) is 0 Å². The lowest BCUT2D eigenvalue weighted by Crippen LogP contribution is -2.07. The van der Waals surface area contributed by atoms with Crippen molar-refractivity contribution in [1.29, 1.82) is 0 Å². The van der Waals surface area contributed by atoms with Crippen molar-refractivity contribution < 1.29 is 13.9 Å². The number of anilines is 1. The number of methoxy groups -OCH3 is 1. The van der Waals surface area contributed by atoms with Gasteiger partial charge in [0.05, 0.1) is 24.8 Å². The third kappa shape index (κ3) is 4.03. The lowest BCUT2D eigenvalue weighted by Gasteiger charge is -2.13. The first-order valence-corrected chi connectivity index (χ1v) is 6.27. The van der Waals surface area contributed by atoms with Crippen LogP contribution in [0.3, 0.4) is 0 Å². The molecular formula is C15H19NO3. The average molecular weight is 261 g/mol. The van der Waals surface area contributed by atoms with Crippen molar-refractivity contribution in [2.24, 2.45) is 0 Å². The van der Waals surface area contributed by atoms with Gasteiger partial charge in [0.15, 0.2) is 0 Å². The molecule has 0 saturated heterocycles. The van der Waals surface area contributed by atoms with Gasteiger partial charge < -0.3 is 19.2 Å². The molecule has 4 nitrogen and oxygen atoms in total. The van der Waals surface area contributed by atoms with Crippen molar-refractivity contribution in [3.05, 3.63) is 47.9 Å². The number of ether oxygens (including phenoxy) is 2. The minimum absolute atomic E-state index is 0.542. The fourth-order valence-corrected chi connectivity index (χ4v) is 1.72. The molecule has 1 aromatic heterocycles. The van der Waals surface area contributed by atoms with Crippen LogP contribution in [0.4, 0.5) is 5.69 Å². The van der Waals surface area contributed by atoms with Gasteiger partial charge in [0.1, 0.15) is 12.4 Å². The minimum atomic E-state index is 0.542. The molecule has 19 heavy (non-hydrogen) atoms. The monoisotopic (exact) mass is 261 g/mol. The molecule has 102 valence electrons. The quantitative estimate of drug-likeness (QED) is 0.777. The number of hydrogen-bond donors (Lipinski definition) is 1. The van der Waals surface area contributed by atoms with Crippen LogP contribution in [0.15, 0.2) is 41.2 Å². The molecule has 1 aromatic carbocycles. The summed E-state index contributed by atoms with van der Waals surface area (Å²) in [6.45, 7) is 3.87. The maximum Gasteiger partial charge on any atom is 0.142 e. The summed E-state index contributed by atoms with van der Waals surface area (Å²) in [5.74, 6) is 0.848. The van der Waals surface area contributed by atoms with Gasteiger partial charge in [-0.15, -0.1) is 0 Å². The van der Waals surface area contributed by atoms with Crippen LogP contribution < -0.4 is 10.1 Å². The molecule has 4 heteroatoms. The highest BCUT2D eigenvalue weighted by Crippen LogP contribution is 2.26. The molecule has 1 N–H and O–H groups in total. The standard InChI is InChI=1S/C15H19NO3/c1-12-3-4-14(15(9-12)19-8-7-17-2)16-10-13-5-6-18-11-13/h3-6,9,11,16H,7-8,10H2,1-2H3. The number of hydrogen-bond acceptors (Lipinski definition) is 4. The van der Waals surface area contributed by atoms with Gasteiger partial charge in [-0.25, -0.2) is 0 Å². The molecule has 0 atom stereocenters. The SMILES string of the molecule is COCCOc1cc(C)ccc1NCc1ccoc1. The lowest BCUT2D eigenvalue weighted by molar-refractivity contribution is 0.146. The highest BCUT2D eigenvalue weighted by Gasteiger charge is 2.04. The normalized spacial score (nSPS) is 10.4. The van der Waals surface area contributed by atoms with Crippen LogP contribution in [0.5, 0.6) is 5.75 Å². The molecule has 0 aliphatic rings. The van der Waals surface area contributed by atoms with Gasteiger partial charge in [0, 0.05) is 19.2 Å². The van der Waals surface area contributed by atoms with E-state index in [1.54, 1.807) is 19.6 Å². The zero-order valence-corrected chi connectivity index (χ0v) is 11.3. The number of aryl methyl sites for hydroxylation is 1. The predicted octanol–water partition coefficient (Wildman–Crippen LogP) is 3.23. The van der Waals surface area contributed by atoms with Gasteiger partial charge in [0.2, 0.25) is 0 Å². The topological polar surface area (TPSA) is 43.6 Å². The van der Waals surface area contributed by atoms with Crippen molar-refractivity contribution in [3.8, 4) is 5.75 Å². The lowest BCUT2D eigenvalue weighted by atomic mass is 10.2. The third-order valence-corrected chi connectivity index (χ3v) is 2.75. The van der Waals surface area contributed by atoms with Gasteiger partial charge in [0.25, 0.3) is 0 Å². The van der Waals surface area contributed by atoms with Crippen LogP contribution in [0, 0.1) is 6.92 Å². The van der Waals surface area contributed by atoms with Crippen LogP contribution >= 0.6 is 0 Å². The van der Waals surface area contributed by atoms with Crippen LogP contribution in [-0.4, -0.2) is 20.3 Å². The van der Waals surface area contributed by atoms with Crippen molar-refractivity contribution in [2.45, 2.75) is 13.5 Å². The molecule has 0 fully saturated rings. The summed E-state index contributed by atoms with van der Waals surface area (Å²) in [6.07, 6.45) is 3.40. The minimum Gasteiger partial charge on any atom is -0.489 e. The molecule has 2 rings (SSSR count). The van der Waals surface area contributed by atoms with E-state index in [2.05, 4.69) is 11.4 Å². The Kier molecular flexibility index (Phi) is 4.86. The summed E-state index contributed by atoms with van der Waals surface area (Å²) in [5.41, 5.74) is 3.24. The van der Waals surface area contributed by atoms with Crippen LogP contribution in [0.25, 0.3) is 0 Å². The third-order valence-electron chi connectivity index (χ3n) is 2.75. The molecule has 0 radical (unpaired) electrons. The Morgan fingerprint density at radius 2 is 2.11 bits per heavy atom. The Bertz CT molecular complexity index is 494. The maximum atomic E-state index is 5.72. The Balaban J connectivity index is 2.01. The van der Waals surface area contributed by atoms with E-state index in [-0.39, 0.29) is 0 Å². The number of rotatable bonds is 7. The van der Waals surface area contributed by atoms with E-state index in [1.807, 2.05) is 25.1 Å². The molecule has 0 bridgehead atoms. The molecule has 0 aliphatic heterocycles. The van der Waals surface area contributed by atoms with E-state index in [4.69, 9.17) is 13.9 Å². The summed E-state index contributed by atoms with van der Waals surface area (Å²) in [4.78, 5) is 0. The smallest absolute Gasteiger partial charge is 0.142 e. The molecule has 2 aromatic rings. The summed E-state index contributed by atoms with van der Waals surface area (Å²) in [7, 11) is 1.66. The fourth-order valence-electron chi connectivity index (χ4n) is 1.72. The summed E-state index contributed by atoms with van der Waals surface area (Å²) < 4.78 is 15.8. The predicted molar refractivity (Wildman–Crippen MR) is 74.6 cm³/mol. The Labute approximate surface area is 113 Å². The van der Waals surface area contributed by atoms with E-state index in [0.29, 0.717) is 19.8 Å². The van der Waals surface area contributed by atoms with Gasteiger partial charge in [-0.05, 0) is 30.7 Å². The van der Waals surface area contributed by atoms with Crippen LogP contribution in [0.2, 0.25) is 0 Å². The average Bonchev–Trinajstić information content (AvgIpc) is 2.91. The number of nitrogens with one attached hydrogen (secondary N) is 1. The van der Waals surface area contributed by atoms with Crippen molar-refractivity contribution in [2.75, 3.05) is 25.6 Å². The summed E-state index contributed by atoms with van der Waals surface area (Å²) >= 11 is 0. The van der Waals surface area contributed by atoms with E-state index in [1.165, 1.54) is 5.56 Å². The molecule has 0 unspecified atom stereocenters. The first kappa shape index (κ1) is 13.5. The molecule has 1 heterocycles. The Morgan fingerprint density at radius 3 is 2.84 bits per heavy atom. The largest absolute Gasteiger partial charge is 0.489 e. The molecule has 0 spiro atoms. The number of furan rings is 1. The van der Waals surface area contributed by atoms with Crippen molar-refractivity contribution in [3.63, 3.8) is 0 Å². The summed E-state index contributed by atoms with van der Waals surface area (Å²) in [6, 6.07) is 8.04. The van der Waals surface area contributed by atoms with Crippen molar-refractivity contribution in [1.82, 2.24) is 0 Å². The molecule has 0 saturated carbocycles. The Morgan fingerprint density at radius 1 is 1.21 bits per heavy atom. The van der Waals surface area contributed by atoms with E-state index in [0.717, 1.165) is 17.0 Å². The zero-order valence-electron chi connectivity index (χ0n) is 11.3. The first-order chi connectivity index (χ1) is 9.29. The van der Waals surface area contributed by atoms with Gasteiger partial charge in [-0.3, -0.25) is 0 Å². The second-order valence-corrected chi connectivity index (χ2v) is 4.33.